The van der Waals surface area contributed by atoms with E-state index >= 15 is 0 Å². The van der Waals surface area contributed by atoms with Gasteiger partial charge in [0.15, 0.2) is 12.1 Å². The highest BCUT2D eigenvalue weighted by Crippen LogP contribution is 2.29. The van der Waals surface area contributed by atoms with E-state index in [0.717, 1.165) is 22.8 Å². The van der Waals surface area contributed by atoms with E-state index in [9.17, 15) is 0 Å². The zero-order chi connectivity index (χ0) is 13.9. The average molecular weight is 275 g/mol. The second-order valence-corrected chi connectivity index (χ2v) is 4.74. The van der Waals surface area contributed by atoms with Crippen molar-refractivity contribution in [3.05, 3.63) is 36.0 Å². The molecule has 2 heterocycles. The molecule has 5 heteroatoms. The molecule has 1 aromatic carbocycles. The van der Waals surface area contributed by atoms with Gasteiger partial charge in [-0.25, -0.2) is 0 Å². The SMILES string of the molecule is COc1ccc(-c2cc(C(C)C3OCCO3)no2)cc1. The molecule has 106 valence electrons. The smallest absolute Gasteiger partial charge is 0.167 e. The van der Waals surface area contributed by atoms with Gasteiger partial charge in [-0.15, -0.1) is 0 Å². The van der Waals surface area contributed by atoms with Gasteiger partial charge in [-0.1, -0.05) is 12.1 Å². The first kappa shape index (κ1) is 13.1. The first-order valence-corrected chi connectivity index (χ1v) is 6.62. The number of nitrogens with zero attached hydrogens (tertiary/aromatic N) is 1. The van der Waals surface area contributed by atoms with Crippen molar-refractivity contribution in [2.75, 3.05) is 20.3 Å². The molecule has 0 bridgehead atoms. The number of hydrogen-bond acceptors (Lipinski definition) is 5. The van der Waals surface area contributed by atoms with Crippen molar-refractivity contribution >= 4 is 0 Å². The highest BCUT2D eigenvalue weighted by Gasteiger charge is 2.27. The summed E-state index contributed by atoms with van der Waals surface area (Å²) in [4.78, 5) is 0. The largest absolute Gasteiger partial charge is 0.497 e. The second-order valence-electron chi connectivity index (χ2n) is 4.74. The maximum atomic E-state index is 5.49. The summed E-state index contributed by atoms with van der Waals surface area (Å²) in [7, 11) is 1.64. The molecule has 1 aliphatic heterocycles. The van der Waals surface area contributed by atoms with Gasteiger partial charge in [0, 0.05) is 11.6 Å². The van der Waals surface area contributed by atoms with Crippen LogP contribution in [-0.2, 0) is 9.47 Å². The molecule has 1 aliphatic rings. The van der Waals surface area contributed by atoms with E-state index in [0.29, 0.717) is 13.2 Å². The lowest BCUT2D eigenvalue weighted by molar-refractivity contribution is -0.0583. The van der Waals surface area contributed by atoms with E-state index in [1.807, 2.05) is 37.3 Å². The fourth-order valence-electron chi connectivity index (χ4n) is 2.20. The van der Waals surface area contributed by atoms with Crippen molar-refractivity contribution in [1.82, 2.24) is 5.16 Å². The van der Waals surface area contributed by atoms with Crippen molar-refractivity contribution < 1.29 is 18.7 Å². The first-order valence-electron chi connectivity index (χ1n) is 6.62. The van der Waals surface area contributed by atoms with Gasteiger partial charge in [0.05, 0.1) is 31.9 Å². The topological polar surface area (TPSA) is 53.7 Å². The van der Waals surface area contributed by atoms with Gasteiger partial charge < -0.3 is 18.7 Å². The molecule has 1 saturated heterocycles. The van der Waals surface area contributed by atoms with Crippen molar-refractivity contribution in [1.29, 1.82) is 0 Å². The zero-order valence-corrected chi connectivity index (χ0v) is 11.5. The minimum absolute atomic E-state index is 0.0493. The summed E-state index contributed by atoms with van der Waals surface area (Å²) in [6.45, 7) is 3.29. The molecule has 5 nitrogen and oxygen atoms in total. The highest BCUT2D eigenvalue weighted by molar-refractivity contribution is 5.58. The van der Waals surface area contributed by atoms with Gasteiger partial charge in [0.1, 0.15) is 5.75 Å². The van der Waals surface area contributed by atoms with E-state index in [4.69, 9.17) is 18.7 Å². The summed E-state index contributed by atoms with van der Waals surface area (Å²) in [6, 6.07) is 9.60. The Kier molecular flexibility index (Phi) is 3.71. The molecule has 0 N–H and O–H groups in total. The van der Waals surface area contributed by atoms with Crippen molar-refractivity contribution in [3.8, 4) is 17.1 Å². The molecule has 2 aromatic rings. The normalized spacial score (nSPS) is 17.3. The number of aromatic nitrogens is 1. The van der Waals surface area contributed by atoms with E-state index < -0.39 is 0 Å². The average Bonchev–Trinajstić information content (AvgIpc) is 3.18. The second kappa shape index (κ2) is 5.64. The molecule has 0 saturated carbocycles. The molecule has 0 aliphatic carbocycles. The minimum Gasteiger partial charge on any atom is -0.497 e. The molecule has 1 fully saturated rings. The minimum atomic E-state index is -0.233. The van der Waals surface area contributed by atoms with Crippen LogP contribution in [0.2, 0.25) is 0 Å². The summed E-state index contributed by atoms with van der Waals surface area (Å²) in [5, 5.41) is 4.11. The fraction of sp³-hybridized carbons (Fsp3) is 0.400. The maximum absolute atomic E-state index is 5.49. The number of methoxy groups -OCH3 is 1. The van der Waals surface area contributed by atoms with Crippen molar-refractivity contribution in [2.45, 2.75) is 19.1 Å². The van der Waals surface area contributed by atoms with Crippen LogP contribution in [0.25, 0.3) is 11.3 Å². The number of hydrogen-bond donors (Lipinski definition) is 0. The zero-order valence-electron chi connectivity index (χ0n) is 11.5. The van der Waals surface area contributed by atoms with Gasteiger partial charge >= 0.3 is 0 Å². The Morgan fingerprint density at radius 2 is 1.90 bits per heavy atom. The van der Waals surface area contributed by atoms with E-state index in [1.165, 1.54) is 0 Å². The monoisotopic (exact) mass is 275 g/mol. The van der Waals surface area contributed by atoms with Crippen LogP contribution in [0.5, 0.6) is 5.75 Å². The van der Waals surface area contributed by atoms with E-state index in [2.05, 4.69) is 5.16 Å². The Morgan fingerprint density at radius 3 is 2.55 bits per heavy atom. The molecular weight excluding hydrogens is 258 g/mol. The van der Waals surface area contributed by atoms with Crippen molar-refractivity contribution in [3.63, 3.8) is 0 Å². The summed E-state index contributed by atoms with van der Waals surface area (Å²) in [5.74, 6) is 1.59. The van der Waals surface area contributed by atoms with E-state index in [-0.39, 0.29) is 12.2 Å². The standard InChI is InChI=1S/C15H17NO4/c1-10(15-18-7-8-19-15)13-9-14(20-16-13)11-3-5-12(17-2)6-4-11/h3-6,9-10,15H,7-8H2,1-2H3. The summed E-state index contributed by atoms with van der Waals surface area (Å²) in [6.07, 6.45) is -0.233. The number of benzene rings is 1. The molecule has 1 unspecified atom stereocenters. The lowest BCUT2D eigenvalue weighted by Crippen LogP contribution is -2.16. The van der Waals surface area contributed by atoms with Crippen LogP contribution in [0.3, 0.4) is 0 Å². The summed E-state index contributed by atoms with van der Waals surface area (Å²) in [5.41, 5.74) is 1.80. The molecule has 0 amide bonds. The van der Waals surface area contributed by atoms with Gasteiger partial charge in [-0.05, 0) is 24.3 Å². The van der Waals surface area contributed by atoms with Crippen LogP contribution in [-0.4, -0.2) is 31.8 Å². The Labute approximate surface area is 117 Å². The number of ether oxygens (including phenoxy) is 3. The lowest BCUT2D eigenvalue weighted by Gasteiger charge is -2.14. The summed E-state index contributed by atoms with van der Waals surface area (Å²) < 4.78 is 21.5. The van der Waals surface area contributed by atoms with E-state index in [1.54, 1.807) is 7.11 Å². The molecular formula is C15H17NO4. The van der Waals surface area contributed by atoms with Crippen LogP contribution in [0.4, 0.5) is 0 Å². The third kappa shape index (κ3) is 2.55. The Balaban J connectivity index is 1.78. The van der Waals surface area contributed by atoms with Crippen LogP contribution in [0.1, 0.15) is 18.5 Å². The van der Waals surface area contributed by atoms with Gasteiger partial charge in [0.25, 0.3) is 0 Å². The Morgan fingerprint density at radius 1 is 1.20 bits per heavy atom. The molecule has 0 radical (unpaired) electrons. The Hall–Kier alpha value is -1.85. The maximum Gasteiger partial charge on any atom is 0.167 e. The fourth-order valence-corrected chi connectivity index (χ4v) is 2.20. The number of rotatable bonds is 4. The third-order valence-corrected chi connectivity index (χ3v) is 3.43. The van der Waals surface area contributed by atoms with Crippen LogP contribution >= 0.6 is 0 Å². The third-order valence-electron chi connectivity index (χ3n) is 3.43. The lowest BCUT2D eigenvalue weighted by atomic mass is 10.1. The Bertz CT molecular complexity index is 558. The van der Waals surface area contributed by atoms with Crippen molar-refractivity contribution in [2.24, 2.45) is 0 Å². The van der Waals surface area contributed by atoms with Crippen LogP contribution < -0.4 is 4.74 Å². The molecule has 1 aromatic heterocycles. The summed E-state index contributed by atoms with van der Waals surface area (Å²) >= 11 is 0. The van der Waals surface area contributed by atoms with Gasteiger partial charge in [-0.2, -0.15) is 0 Å². The first-order chi connectivity index (χ1) is 9.78. The highest BCUT2D eigenvalue weighted by atomic mass is 16.7. The van der Waals surface area contributed by atoms with Crippen LogP contribution in [0.15, 0.2) is 34.9 Å². The molecule has 1 atom stereocenters. The molecule has 3 rings (SSSR count). The van der Waals surface area contributed by atoms with Gasteiger partial charge in [-0.3, -0.25) is 0 Å². The molecule has 20 heavy (non-hydrogen) atoms. The quantitative estimate of drug-likeness (QED) is 0.858. The van der Waals surface area contributed by atoms with Gasteiger partial charge in [0.2, 0.25) is 0 Å². The predicted octanol–water partition coefficient (Wildman–Crippen LogP) is 2.83. The van der Waals surface area contributed by atoms with Crippen LogP contribution in [0, 0.1) is 0 Å². The predicted molar refractivity (Wildman–Crippen MR) is 72.6 cm³/mol. The molecule has 0 spiro atoms.